The van der Waals surface area contributed by atoms with Crippen molar-refractivity contribution in [2.45, 2.75) is 13.8 Å². The van der Waals surface area contributed by atoms with Gasteiger partial charge in [0.05, 0.1) is 0 Å². The van der Waals surface area contributed by atoms with Crippen LogP contribution in [0.2, 0.25) is 0 Å². The first-order valence-electron chi connectivity index (χ1n) is 6.69. The summed E-state index contributed by atoms with van der Waals surface area (Å²) in [5, 5.41) is 0. The third kappa shape index (κ3) is 3.55. The highest BCUT2D eigenvalue weighted by molar-refractivity contribution is 6.20. The Morgan fingerprint density at radius 3 is 1.95 bits per heavy atom. The average Bonchev–Trinajstić information content (AvgIpc) is 2.47. The lowest BCUT2D eigenvalue weighted by Gasteiger charge is -2.07. The summed E-state index contributed by atoms with van der Waals surface area (Å²) in [4.78, 5) is 11.9. The molecule has 1 nitrogen and oxygen atoms in total. The molecule has 0 spiro atoms. The van der Waals surface area contributed by atoms with Crippen LogP contribution in [0.25, 0.3) is 11.6 Å². The minimum Gasteiger partial charge on any atom is -0.294 e. The van der Waals surface area contributed by atoms with E-state index >= 15 is 0 Å². The zero-order chi connectivity index (χ0) is 14.4. The first kappa shape index (κ1) is 14.0. The molecule has 0 radical (unpaired) electrons. The zero-order valence-corrected chi connectivity index (χ0v) is 11.8. The Morgan fingerprint density at radius 1 is 0.850 bits per heavy atom. The van der Waals surface area contributed by atoms with E-state index in [0.717, 1.165) is 22.3 Å². The third-order valence-corrected chi connectivity index (χ3v) is 3.13. The van der Waals surface area contributed by atoms with Gasteiger partial charge >= 0.3 is 0 Å². The lowest BCUT2D eigenvalue weighted by molar-refractivity contribution is -0.111. The van der Waals surface area contributed by atoms with Gasteiger partial charge in [-0.15, -0.1) is 0 Å². The SMILES string of the molecule is CC(=O)C(=C(C)C=Cc1ccccc1)c1ccccc1. The van der Waals surface area contributed by atoms with Gasteiger partial charge in [0, 0.05) is 5.57 Å². The van der Waals surface area contributed by atoms with Gasteiger partial charge in [0.15, 0.2) is 5.78 Å². The molecule has 0 amide bonds. The molecule has 0 saturated carbocycles. The fourth-order valence-electron chi connectivity index (χ4n) is 2.18. The van der Waals surface area contributed by atoms with E-state index in [-0.39, 0.29) is 5.78 Å². The maximum Gasteiger partial charge on any atom is 0.160 e. The maximum atomic E-state index is 11.9. The fraction of sp³-hybridized carbons (Fsp3) is 0.105. The van der Waals surface area contributed by atoms with Crippen molar-refractivity contribution in [3.05, 3.63) is 83.4 Å². The van der Waals surface area contributed by atoms with Crippen LogP contribution in [0.3, 0.4) is 0 Å². The van der Waals surface area contributed by atoms with Gasteiger partial charge in [-0.2, -0.15) is 0 Å². The molecular weight excluding hydrogens is 244 g/mol. The van der Waals surface area contributed by atoms with E-state index < -0.39 is 0 Å². The van der Waals surface area contributed by atoms with E-state index in [1.165, 1.54) is 0 Å². The quantitative estimate of drug-likeness (QED) is 0.573. The highest BCUT2D eigenvalue weighted by atomic mass is 16.1. The van der Waals surface area contributed by atoms with Crippen molar-refractivity contribution in [1.82, 2.24) is 0 Å². The smallest absolute Gasteiger partial charge is 0.160 e. The molecule has 0 atom stereocenters. The number of rotatable bonds is 4. The third-order valence-electron chi connectivity index (χ3n) is 3.13. The Morgan fingerprint density at radius 2 is 1.40 bits per heavy atom. The van der Waals surface area contributed by atoms with Crippen LogP contribution in [0.15, 0.2) is 72.3 Å². The van der Waals surface area contributed by atoms with E-state index in [4.69, 9.17) is 0 Å². The van der Waals surface area contributed by atoms with Crippen molar-refractivity contribution in [1.29, 1.82) is 0 Å². The molecule has 0 aliphatic heterocycles. The summed E-state index contributed by atoms with van der Waals surface area (Å²) in [6.07, 6.45) is 4.03. The average molecular weight is 262 g/mol. The van der Waals surface area contributed by atoms with E-state index in [9.17, 15) is 4.79 Å². The standard InChI is InChI=1S/C19H18O/c1-15(13-14-17-9-5-3-6-10-17)19(16(2)20)18-11-7-4-8-12-18/h3-14H,1-2H3. The van der Waals surface area contributed by atoms with Crippen LogP contribution in [-0.4, -0.2) is 5.78 Å². The molecule has 0 bridgehead atoms. The van der Waals surface area contributed by atoms with E-state index in [0.29, 0.717) is 0 Å². The molecule has 2 aromatic carbocycles. The molecule has 0 aliphatic carbocycles. The van der Waals surface area contributed by atoms with Crippen LogP contribution < -0.4 is 0 Å². The van der Waals surface area contributed by atoms with Gasteiger partial charge < -0.3 is 0 Å². The van der Waals surface area contributed by atoms with Gasteiger partial charge in [0.25, 0.3) is 0 Å². The van der Waals surface area contributed by atoms with Crippen LogP contribution in [-0.2, 0) is 4.79 Å². The zero-order valence-electron chi connectivity index (χ0n) is 11.8. The summed E-state index contributed by atoms with van der Waals surface area (Å²) in [7, 11) is 0. The van der Waals surface area contributed by atoms with Crippen molar-refractivity contribution < 1.29 is 4.79 Å². The second-order valence-corrected chi connectivity index (χ2v) is 4.72. The Kier molecular flexibility index (Phi) is 4.67. The lowest BCUT2D eigenvalue weighted by Crippen LogP contribution is -1.98. The predicted molar refractivity (Wildman–Crippen MR) is 85.2 cm³/mol. The van der Waals surface area contributed by atoms with Crippen molar-refractivity contribution in [3.63, 3.8) is 0 Å². The molecule has 0 aliphatic rings. The molecule has 1 heteroatoms. The van der Waals surface area contributed by atoms with E-state index in [1.807, 2.05) is 79.7 Å². The van der Waals surface area contributed by atoms with Gasteiger partial charge in [-0.3, -0.25) is 4.79 Å². The van der Waals surface area contributed by atoms with Gasteiger partial charge in [-0.05, 0) is 30.5 Å². The normalized spacial score (nSPS) is 12.3. The molecule has 0 N–H and O–H groups in total. The maximum absolute atomic E-state index is 11.9. The number of carbonyl (C=O) groups excluding carboxylic acids is 1. The summed E-state index contributed by atoms with van der Waals surface area (Å²) in [6, 6.07) is 19.9. The number of Topliss-reactive ketones (excluding diaryl/α,β-unsaturated/α-hetero) is 1. The van der Waals surface area contributed by atoms with Gasteiger partial charge in [0.1, 0.15) is 0 Å². The van der Waals surface area contributed by atoms with Gasteiger partial charge in [-0.25, -0.2) is 0 Å². The fourth-order valence-corrected chi connectivity index (χ4v) is 2.18. The molecule has 0 heterocycles. The number of benzene rings is 2. The number of hydrogen-bond donors (Lipinski definition) is 0. The predicted octanol–water partition coefficient (Wildman–Crippen LogP) is 4.76. The van der Waals surface area contributed by atoms with E-state index in [2.05, 4.69) is 0 Å². The Balaban J connectivity index is 2.37. The molecule has 0 aromatic heterocycles. The number of carbonyl (C=O) groups is 1. The highest BCUT2D eigenvalue weighted by Crippen LogP contribution is 2.21. The van der Waals surface area contributed by atoms with E-state index in [1.54, 1.807) is 6.92 Å². The molecule has 2 rings (SSSR count). The molecule has 20 heavy (non-hydrogen) atoms. The molecule has 2 aromatic rings. The first-order chi connectivity index (χ1) is 9.68. The molecule has 100 valence electrons. The van der Waals surface area contributed by atoms with Crippen LogP contribution >= 0.6 is 0 Å². The van der Waals surface area contributed by atoms with Crippen LogP contribution in [0.1, 0.15) is 25.0 Å². The number of hydrogen-bond acceptors (Lipinski definition) is 1. The first-order valence-corrected chi connectivity index (χ1v) is 6.69. The largest absolute Gasteiger partial charge is 0.294 e. The number of allylic oxidation sites excluding steroid dienone is 3. The highest BCUT2D eigenvalue weighted by Gasteiger charge is 2.08. The van der Waals surface area contributed by atoms with Crippen molar-refractivity contribution in [2.24, 2.45) is 0 Å². The summed E-state index contributed by atoms with van der Waals surface area (Å²) in [5.41, 5.74) is 3.85. The lowest BCUT2D eigenvalue weighted by atomic mass is 9.97. The minimum absolute atomic E-state index is 0.0893. The van der Waals surface area contributed by atoms with Crippen molar-refractivity contribution >= 4 is 17.4 Å². The van der Waals surface area contributed by atoms with Crippen LogP contribution in [0.5, 0.6) is 0 Å². The second-order valence-electron chi connectivity index (χ2n) is 4.72. The second kappa shape index (κ2) is 6.67. The number of ketones is 1. The monoisotopic (exact) mass is 262 g/mol. The van der Waals surface area contributed by atoms with Crippen LogP contribution in [0, 0.1) is 0 Å². The minimum atomic E-state index is 0.0893. The van der Waals surface area contributed by atoms with Gasteiger partial charge in [-0.1, -0.05) is 72.8 Å². The Bertz CT molecular complexity index is 634. The molecule has 0 unspecified atom stereocenters. The topological polar surface area (TPSA) is 17.1 Å². The Hall–Kier alpha value is -2.41. The van der Waals surface area contributed by atoms with Crippen molar-refractivity contribution in [2.75, 3.05) is 0 Å². The Labute approximate surface area is 120 Å². The summed E-state index contributed by atoms with van der Waals surface area (Å²) >= 11 is 0. The van der Waals surface area contributed by atoms with Crippen LogP contribution in [0.4, 0.5) is 0 Å². The summed E-state index contributed by atoms with van der Waals surface area (Å²) in [5.74, 6) is 0.0893. The summed E-state index contributed by atoms with van der Waals surface area (Å²) < 4.78 is 0. The van der Waals surface area contributed by atoms with Crippen molar-refractivity contribution in [3.8, 4) is 0 Å². The van der Waals surface area contributed by atoms with Gasteiger partial charge in [0.2, 0.25) is 0 Å². The molecule has 0 fully saturated rings. The summed E-state index contributed by atoms with van der Waals surface area (Å²) in [6.45, 7) is 3.59. The molecule has 0 saturated heterocycles. The molecular formula is C19H18O.